The van der Waals surface area contributed by atoms with Crippen molar-refractivity contribution in [3.63, 3.8) is 0 Å². The first-order chi connectivity index (χ1) is 9.06. The van der Waals surface area contributed by atoms with E-state index in [2.05, 4.69) is 55.0 Å². The normalized spacial score (nSPS) is 12.4. The third kappa shape index (κ3) is 4.31. The zero-order chi connectivity index (χ0) is 13.8. The molecule has 0 aliphatic carbocycles. The highest BCUT2D eigenvalue weighted by Crippen LogP contribution is 2.35. The fraction of sp³-hybridized carbons (Fsp3) is 0.214. The summed E-state index contributed by atoms with van der Waals surface area (Å²) in [7, 11) is 0. The first kappa shape index (κ1) is 15.0. The van der Waals surface area contributed by atoms with Gasteiger partial charge in [-0.25, -0.2) is 4.98 Å². The highest BCUT2D eigenvalue weighted by molar-refractivity contribution is 9.10. The first-order valence-corrected chi connectivity index (χ1v) is 8.29. The van der Waals surface area contributed by atoms with Gasteiger partial charge in [0, 0.05) is 21.6 Å². The summed E-state index contributed by atoms with van der Waals surface area (Å²) in [6.07, 6.45) is 2.66. The zero-order valence-corrected chi connectivity index (χ0v) is 14.4. The average Bonchev–Trinajstić information content (AvgIpc) is 2.35. The Labute approximate surface area is 134 Å². The monoisotopic (exact) mass is 400 g/mol. The summed E-state index contributed by atoms with van der Waals surface area (Å²) in [5.74, 6) is 0. The molecular formula is C14H14Br2N2S. The molecule has 0 aliphatic rings. The van der Waals surface area contributed by atoms with Crippen LogP contribution in [0.2, 0.25) is 0 Å². The van der Waals surface area contributed by atoms with Crippen LogP contribution in [0.1, 0.15) is 12.5 Å². The molecule has 0 spiro atoms. The molecule has 0 bridgehead atoms. The number of aromatic nitrogens is 1. The number of hydrogen-bond acceptors (Lipinski definition) is 3. The zero-order valence-electron chi connectivity index (χ0n) is 10.4. The SMILES string of the molecule is CC(N)Cc1ccc(Br)cc1Sc1ncccc1Br. The van der Waals surface area contributed by atoms with Crippen molar-refractivity contribution in [2.75, 3.05) is 0 Å². The van der Waals surface area contributed by atoms with Crippen molar-refractivity contribution in [3.05, 3.63) is 51.0 Å². The van der Waals surface area contributed by atoms with Crippen LogP contribution >= 0.6 is 43.6 Å². The molecule has 1 aromatic carbocycles. The molecule has 0 saturated carbocycles. The molecule has 19 heavy (non-hydrogen) atoms. The number of nitrogens with zero attached hydrogens (tertiary/aromatic N) is 1. The lowest BCUT2D eigenvalue weighted by Gasteiger charge is -2.12. The van der Waals surface area contributed by atoms with Crippen molar-refractivity contribution in [3.8, 4) is 0 Å². The van der Waals surface area contributed by atoms with E-state index in [1.807, 2.05) is 19.1 Å². The lowest BCUT2D eigenvalue weighted by molar-refractivity contribution is 0.729. The van der Waals surface area contributed by atoms with Crippen molar-refractivity contribution in [1.82, 2.24) is 4.98 Å². The quantitative estimate of drug-likeness (QED) is 0.810. The van der Waals surface area contributed by atoms with E-state index >= 15 is 0 Å². The summed E-state index contributed by atoms with van der Waals surface area (Å²) in [5.41, 5.74) is 7.16. The lowest BCUT2D eigenvalue weighted by Crippen LogP contribution is -2.18. The van der Waals surface area contributed by atoms with E-state index < -0.39 is 0 Å². The third-order valence-corrected chi connectivity index (χ3v) is 5.02. The van der Waals surface area contributed by atoms with Crippen molar-refractivity contribution in [2.45, 2.75) is 29.3 Å². The van der Waals surface area contributed by atoms with Gasteiger partial charge in [0.25, 0.3) is 0 Å². The molecule has 2 N–H and O–H groups in total. The van der Waals surface area contributed by atoms with Gasteiger partial charge in [0.1, 0.15) is 5.03 Å². The summed E-state index contributed by atoms with van der Waals surface area (Å²) >= 11 is 8.70. The van der Waals surface area contributed by atoms with Crippen LogP contribution < -0.4 is 5.73 Å². The molecule has 2 aromatic rings. The van der Waals surface area contributed by atoms with Gasteiger partial charge < -0.3 is 5.73 Å². The molecule has 0 saturated heterocycles. The van der Waals surface area contributed by atoms with Crippen molar-refractivity contribution in [1.29, 1.82) is 0 Å². The summed E-state index contributed by atoms with van der Waals surface area (Å²) < 4.78 is 2.07. The van der Waals surface area contributed by atoms with Gasteiger partial charge in [0.05, 0.1) is 4.47 Å². The van der Waals surface area contributed by atoms with Gasteiger partial charge in [-0.2, -0.15) is 0 Å². The molecule has 1 heterocycles. The molecule has 100 valence electrons. The number of halogens is 2. The first-order valence-electron chi connectivity index (χ1n) is 5.88. The fourth-order valence-corrected chi connectivity index (χ4v) is 3.66. The Morgan fingerprint density at radius 2 is 2.11 bits per heavy atom. The largest absolute Gasteiger partial charge is 0.328 e. The summed E-state index contributed by atoms with van der Waals surface area (Å²) in [6.45, 7) is 2.02. The minimum atomic E-state index is 0.146. The van der Waals surface area contributed by atoms with E-state index in [-0.39, 0.29) is 6.04 Å². The van der Waals surface area contributed by atoms with E-state index in [9.17, 15) is 0 Å². The molecule has 1 atom stereocenters. The number of hydrogen-bond donors (Lipinski definition) is 1. The summed E-state index contributed by atoms with van der Waals surface area (Å²) in [6, 6.07) is 10.3. The van der Waals surface area contributed by atoms with Crippen LogP contribution in [0.25, 0.3) is 0 Å². The Morgan fingerprint density at radius 3 is 2.79 bits per heavy atom. The molecule has 1 aromatic heterocycles. The van der Waals surface area contributed by atoms with Crippen LogP contribution in [0.15, 0.2) is 55.4 Å². The second-order valence-corrected chi connectivity index (χ2v) is 7.13. The van der Waals surface area contributed by atoms with Gasteiger partial charge in [-0.15, -0.1) is 0 Å². The molecule has 2 rings (SSSR count). The molecule has 5 heteroatoms. The predicted octanol–water partition coefficient (Wildman–Crippen LogP) is 4.65. The Morgan fingerprint density at radius 1 is 1.32 bits per heavy atom. The fourth-order valence-electron chi connectivity index (χ4n) is 1.69. The minimum Gasteiger partial charge on any atom is -0.328 e. The average molecular weight is 402 g/mol. The standard InChI is InChI=1S/C14H14Br2N2S/c1-9(17)7-10-4-5-11(15)8-13(10)19-14-12(16)3-2-6-18-14/h2-6,8-9H,7,17H2,1H3. The second kappa shape index (κ2) is 6.88. The molecule has 0 amide bonds. The highest BCUT2D eigenvalue weighted by Gasteiger charge is 2.10. The van der Waals surface area contributed by atoms with Crippen LogP contribution in [-0.2, 0) is 6.42 Å². The third-order valence-electron chi connectivity index (χ3n) is 2.50. The minimum absolute atomic E-state index is 0.146. The van der Waals surface area contributed by atoms with E-state index in [1.165, 1.54) is 10.5 Å². The number of rotatable bonds is 4. The molecule has 0 radical (unpaired) electrons. The maximum atomic E-state index is 5.91. The molecule has 0 aliphatic heterocycles. The Hall–Kier alpha value is -0.360. The topological polar surface area (TPSA) is 38.9 Å². The van der Waals surface area contributed by atoms with E-state index in [0.29, 0.717) is 0 Å². The van der Waals surface area contributed by atoms with Crippen LogP contribution in [-0.4, -0.2) is 11.0 Å². The Kier molecular flexibility index (Phi) is 5.45. The van der Waals surface area contributed by atoms with Crippen molar-refractivity contribution < 1.29 is 0 Å². The summed E-state index contributed by atoms with van der Waals surface area (Å²) in [5, 5.41) is 0.964. The van der Waals surface area contributed by atoms with E-state index in [1.54, 1.807) is 18.0 Å². The number of nitrogens with two attached hydrogens (primary N) is 1. The van der Waals surface area contributed by atoms with Gasteiger partial charge >= 0.3 is 0 Å². The van der Waals surface area contributed by atoms with Gasteiger partial charge in [-0.1, -0.05) is 33.8 Å². The second-order valence-electron chi connectivity index (χ2n) is 4.33. The number of benzene rings is 1. The smallest absolute Gasteiger partial charge is 0.115 e. The lowest BCUT2D eigenvalue weighted by atomic mass is 10.1. The van der Waals surface area contributed by atoms with Gasteiger partial charge in [-0.3, -0.25) is 0 Å². The van der Waals surface area contributed by atoms with Gasteiger partial charge in [-0.05, 0) is 59.1 Å². The maximum Gasteiger partial charge on any atom is 0.115 e. The highest BCUT2D eigenvalue weighted by atomic mass is 79.9. The van der Waals surface area contributed by atoms with Crippen LogP contribution in [0.5, 0.6) is 0 Å². The Balaban J connectivity index is 2.33. The molecule has 2 nitrogen and oxygen atoms in total. The van der Waals surface area contributed by atoms with Crippen molar-refractivity contribution >= 4 is 43.6 Å². The van der Waals surface area contributed by atoms with Crippen LogP contribution in [0, 0.1) is 0 Å². The maximum absolute atomic E-state index is 5.91. The Bertz CT molecular complexity index is 573. The molecule has 0 fully saturated rings. The van der Waals surface area contributed by atoms with E-state index in [0.717, 1.165) is 20.4 Å². The van der Waals surface area contributed by atoms with Gasteiger partial charge in [0.2, 0.25) is 0 Å². The summed E-state index contributed by atoms with van der Waals surface area (Å²) in [4.78, 5) is 5.58. The van der Waals surface area contributed by atoms with Crippen LogP contribution in [0.4, 0.5) is 0 Å². The van der Waals surface area contributed by atoms with Crippen LogP contribution in [0.3, 0.4) is 0 Å². The van der Waals surface area contributed by atoms with Crippen molar-refractivity contribution in [2.24, 2.45) is 5.73 Å². The molecule has 1 unspecified atom stereocenters. The predicted molar refractivity (Wildman–Crippen MR) is 87.6 cm³/mol. The van der Waals surface area contributed by atoms with E-state index in [4.69, 9.17) is 5.73 Å². The van der Waals surface area contributed by atoms with Gasteiger partial charge in [0.15, 0.2) is 0 Å². The number of pyridine rings is 1. The molecular weight excluding hydrogens is 388 g/mol.